The first-order valence-electron chi connectivity index (χ1n) is 6.58. The fourth-order valence-electron chi connectivity index (χ4n) is 2.15. The number of fused-ring (bicyclic) bond motifs is 1. The lowest BCUT2D eigenvalue weighted by molar-refractivity contribution is 0.173. The van der Waals surface area contributed by atoms with Crippen molar-refractivity contribution in [2.24, 2.45) is 0 Å². The molecule has 2 aromatic rings. The molecule has 0 bridgehead atoms. The van der Waals surface area contributed by atoms with Gasteiger partial charge in [0, 0.05) is 22.2 Å². The van der Waals surface area contributed by atoms with Crippen molar-refractivity contribution in [3.05, 3.63) is 52.0 Å². The SMILES string of the molecule is Cc1ccc(COc2cc3c(cc2CO)OCO3)c(Cl)c1. The van der Waals surface area contributed by atoms with E-state index in [4.69, 9.17) is 25.8 Å². The molecule has 0 aliphatic carbocycles. The number of rotatable bonds is 4. The lowest BCUT2D eigenvalue weighted by Crippen LogP contribution is -2.00. The Labute approximate surface area is 127 Å². The molecule has 21 heavy (non-hydrogen) atoms. The van der Waals surface area contributed by atoms with Crippen molar-refractivity contribution in [3.63, 3.8) is 0 Å². The topological polar surface area (TPSA) is 47.9 Å². The maximum Gasteiger partial charge on any atom is 0.231 e. The van der Waals surface area contributed by atoms with Gasteiger partial charge < -0.3 is 19.3 Å². The molecule has 4 nitrogen and oxygen atoms in total. The average molecular weight is 307 g/mol. The van der Waals surface area contributed by atoms with Gasteiger partial charge in [0.25, 0.3) is 0 Å². The molecule has 0 aromatic heterocycles. The fraction of sp³-hybridized carbons (Fsp3) is 0.250. The Bertz CT molecular complexity index is 670. The van der Waals surface area contributed by atoms with Crippen LogP contribution < -0.4 is 14.2 Å². The summed E-state index contributed by atoms with van der Waals surface area (Å²) in [6, 6.07) is 9.28. The van der Waals surface area contributed by atoms with Crippen LogP contribution in [-0.4, -0.2) is 11.9 Å². The smallest absolute Gasteiger partial charge is 0.231 e. The molecule has 0 saturated carbocycles. The Morgan fingerprint density at radius 3 is 2.62 bits per heavy atom. The highest BCUT2D eigenvalue weighted by Crippen LogP contribution is 2.38. The van der Waals surface area contributed by atoms with Crippen LogP contribution in [0.2, 0.25) is 5.02 Å². The summed E-state index contributed by atoms with van der Waals surface area (Å²) in [6.07, 6.45) is 0. The first kappa shape index (κ1) is 14.0. The molecular weight excluding hydrogens is 292 g/mol. The third-order valence-electron chi connectivity index (χ3n) is 3.32. The highest BCUT2D eigenvalue weighted by Gasteiger charge is 2.18. The van der Waals surface area contributed by atoms with Gasteiger partial charge in [-0.15, -0.1) is 0 Å². The Hall–Kier alpha value is -1.91. The lowest BCUT2D eigenvalue weighted by Gasteiger charge is -2.12. The van der Waals surface area contributed by atoms with Gasteiger partial charge in [0.2, 0.25) is 6.79 Å². The van der Waals surface area contributed by atoms with Gasteiger partial charge in [-0.05, 0) is 24.6 Å². The van der Waals surface area contributed by atoms with Crippen LogP contribution in [0.15, 0.2) is 30.3 Å². The normalized spacial score (nSPS) is 12.5. The van der Waals surface area contributed by atoms with Gasteiger partial charge in [0.05, 0.1) is 6.61 Å². The van der Waals surface area contributed by atoms with Crippen LogP contribution in [0.3, 0.4) is 0 Å². The summed E-state index contributed by atoms with van der Waals surface area (Å²) in [6.45, 7) is 2.37. The predicted octanol–water partition coefficient (Wildman–Crippen LogP) is 3.45. The summed E-state index contributed by atoms with van der Waals surface area (Å²) in [7, 11) is 0. The summed E-state index contributed by atoms with van der Waals surface area (Å²) in [4.78, 5) is 0. The Morgan fingerprint density at radius 1 is 1.14 bits per heavy atom. The fourth-order valence-corrected chi connectivity index (χ4v) is 2.44. The minimum atomic E-state index is -0.131. The van der Waals surface area contributed by atoms with E-state index in [1.807, 2.05) is 25.1 Å². The predicted molar refractivity (Wildman–Crippen MR) is 79.0 cm³/mol. The van der Waals surface area contributed by atoms with Gasteiger partial charge in [0.15, 0.2) is 11.5 Å². The van der Waals surface area contributed by atoms with Crippen molar-refractivity contribution in [1.29, 1.82) is 0 Å². The van der Waals surface area contributed by atoms with Crippen molar-refractivity contribution in [3.8, 4) is 17.2 Å². The van der Waals surface area contributed by atoms with Gasteiger partial charge in [-0.3, -0.25) is 0 Å². The molecule has 1 aliphatic rings. The first-order chi connectivity index (χ1) is 10.2. The first-order valence-corrected chi connectivity index (χ1v) is 6.96. The van der Waals surface area contributed by atoms with E-state index in [-0.39, 0.29) is 13.4 Å². The molecule has 0 spiro atoms. The molecule has 0 unspecified atom stereocenters. The van der Waals surface area contributed by atoms with E-state index in [0.29, 0.717) is 34.4 Å². The van der Waals surface area contributed by atoms with E-state index in [1.165, 1.54) is 0 Å². The molecule has 0 fully saturated rings. The van der Waals surface area contributed by atoms with E-state index < -0.39 is 0 Å². The zero-order valence-electron chi connectivity index (χ0n) is 11.6. The number of aliphatic hydroxyl groups is 1. The monoisotopic (exact) mass is 306 g/mol. The minimum absolute atomic E-state index is 0.131. The zero-order chi connectivity index (χ0) is 14.8. The lowest BCUT2D eigenvalue weighted by atomic mass is 10.1. The number of benzene rings is 2. The van der Waals surface area contributed by atoms with Gasteiger partial charge in [-0.2, -0.15) is 0 Å². The summed E-state index contributed by atoms with van der Waals surface area (Å²) in [5.74, 6) is 1.82. The number of aliphatic hydroxyl groups excluding tert-OH is 1. The van der Waals surface area contributed by atoms with E-state index in [1.54, 1.807) is 12.1 Å². The van der Waals surface area contributed by atoms with Crippen LogP contribution in [0.25, 0.3) is 0 Å². The quantitative estimate of drug-likeness (QED) is 0.940. The maximum atomic E-state index is 9.44. The molecule has 0 saturated heterocycles. The second kappa shape index (κ2) is 5.84. The largest absolute Gasteiger partial charge is 0.488 e. The number of ether oxygens (including phenoxy) is 3. The van der Waals surface area contributed by atoms with Gasteiger partial charge in [-0.1, -0.05) is 23.7 Å². The van der Waals surface area contributed by atoms with Gasteiger partial charge in [-0.25, -0.2) is 0 Å². The van der Waals surface area contributed by atoms with E-state index in [2.05, 4.69) is 0 Å². The van der Waals surface area contributed by atoms with Crippen molar-refractivity contribution >= 4 is 11.6 Å². The second-order valence-corrected chi connectivity index (χ2v) is 5.26. The molecule has 1 heterocycles. The number of hydrogen-bond donors (Lipinski definition) is 1. The molecule has 0 atom stereocenters. The van der Waals surface area contributed by atoms with E-state index in [9.17, 15) is 5.11 Å². The molecule has 1 N–H and O–H groups in total. The Morgan fingerprint density at radius 2 is 1.90 bits per heavy atom. The molecule has 2 aromatic carbocycles. The Balaban J connectivity index is 1.81. The molecule has 3 rings (SSSR count). The van der Waals surface area contributed by atoms with E-state index >= 15 is 0 Å². The van der Waals surface area contributed by atoms with Crippen molar-refractivity contribution < 1.29 is 19.3 Å². The standard InChI is InChI=1S/C16H15ClO4/c1-10-2-3-11(13(17)4-10)8-19-14-6-16-15(20-9-21-16)5-12(14)7-18/h2-6,18H,7-9H2,1H3. The molecule has 5 heteroatoms. The number of aryl methyl sites for hydroxylation is 1. The van der Waals surface area contributed by atoms with Crippen LogP contribution >= 0.6 is 11.6 Å². The minimum Gasteiger partial charge on any atom is -0.488 e. The maximum absolute atomic E-state index is 9.44. The van der Waals surface area contributed by atoms with Gasteiger partial charge >= 0.3 is 0 Å². The summed E-state index contributed by atoms with van der Waals surface area (Å²) >= 11 is 6.19. The van der Waals surface area contributed by atoms with Crippen LogP contribution in [0.1, 0.15) is 16.7 Å². The molecule has 0 radical (unpaired) electrons. The third-order valence-corrected chi connectivity index (χ3v) is 3.67. The van der Waals surface area contributed by atoms with Crippen LogP contribution in [0, 0.1) is 6.92 Å². The summed E-state index contributed by atoms with van der Waals surface area (Å²) < 4.78 is 16.4. The van der Waals surface area contributed by atoms with E-state index in [0.717, 1.165) is 11.1 Å². The van der Waals surface area contributed by atoms with Crippen LogP contribution in [0.5, 0.6) is 17.2 Å². The molecule has 1 aliphatic heterocycles. The van der Waals surface area contributed by atoms with Crippen molar-refractivity contribution in [1.82, 2.24) is 0 Å². The van der Waals surface area contributed by atoms with Gasteiger partial charge in [0.1, 0.15) is 12.4 Å². The number of hydrogen-bond acceptors (Lipinski definition) is 4. The zero-order valence-corrected chi connectivity index (χ0v) is 12.3. The molecule has 0 amide bonds. The summed E-state index contributed by atoms with van der Waals surface area (Å²) in [5.41, 5.74) is 2.65. The average Bonchev–Trinajstić information content (AvgIpc) is 2.92. The van der Waals surface area contributed by atoms with Crippen molar-refractivity contribution in [2.75, 3.05) is 6.79 Å². The van der Waals surface area contributed by atoms with Crippen LogP contribution in [-0.2, 0) is 13.2 Å². The third kappa shape index (κ3) is 2.91. The molecular formula is C16H15ClO4. The van der Waals surface area contributed by atoms with Crippen molar-refractivity contribution in [2.45, 2.75) is 20.1 Å². The van der Waals surface area contributed by atoms with Crippen LogP contribution in [0.4, 0.5) is 0 Å². The Kier molecular flexibility index (Phi) is 3.90. The number of halogens is 1. The highest BCUT2D eigenvalue weighted by atomic mass is 35.5. The second-order valence-electron chi connectivity index (χ2n) is 4.85. The summed E-state index contributed by atoms with van der Waals surface area (Å²) in [5, 5.41) is 10.1. The highest BCUT2D eigenvalue weighted by molar-refractivity contribution is 6.31. The molecule has 110 valence electrons.